The molecular weight excluding hydrogens is 713 g/mol. The van der Waals surface area contributed by atoms with Gasteiger partial charge in [0, 0.05) is 34.5 Å². The molecular formula is C57H48N2. The molecule has 2 heterocycles. The molecule has 0 amide bonds. The van der Waals surface area contributed by atoms with Crippen molar-refractivity contribution in [3.8, 4) is 27.9 Å². The van der Waals surface area contributed by atoms with Gasteiger partial charge < -0.3 is 4.57 Å². The molecule has 0 spiro atoms. The maximum Gasteiger partial charge on any atom is 0.0547 e. The summed E-state index contributed by atoms with van der Waals surface area (Å²) in [7, 11) is 0. The third-order valence-corrected chi connectivity index (χ3v) is 13.5. The van der Waals surface area contributed by atoms with Gasteiger partial charge in [-0.05, 0) is 136 Å². The largest absolute Gasteiger partial charge is 0.309 e. The van der Waals surface area contributed by atoms with Crippen LogP contribution in [0.4, 0.5) is 0 Å². The molecule has 2 unspecified atom stereocenters. The molecule has 0 radical (unpaired) electrons. The van der Waals surface area contributed by atoms with Gasteiger partial charge in [-0.3, -0.25) is 4.99 Å². The van der Waals surface area contributed by atoms with Crippen molar-refractivity contribution < 1.29 is 0 Å². The maximum atomic E-state index is 5.65. The number of aliphatic imine (C=N–C) groups is 1. The molecule has 2 atom stereocenters. The van der Waals surface area contributed by atoms with Crippen LogP contribution in [0.15, 0.2) is 198 Å². The minimum absolute atomic E-state index is 0.311. The highest BCUT2D eigenvalue weighted by Gasteiger charge is 2.30. The molecule has 2 nitrogen and oxygen atoms in total. The molecule has 1 aromatic heterocycles. The highest BCUT2D eigenvalue weighted by Crippen LogP contribution is 2.48. The van der Waals surface area contributed by atoms with E-state index >= 15 is 0 Å². The Morgan fingerprint density at radius 3 is 2.08 bits per heavy atom. The van der Waals surface area contributed by atoms with Gasteiger partial charge in [0.05, 0.1) is 16.7 Å². The molecule has 2 aliphatic carbocycles. The summed E-state index contributed by atoms with van der Waals surface area (Å²) in [6.45, 7) is 2.35. The molecule has 0 N–H and O–H groups in total. The van der Waals surface area contributed by atoms with Crippen LogP contribution >= 0.6 is 0 Å². The van der Waals surface area contributed by atoms with Gasteiger partial charge in [0.2, 0.25) is 0 Å². The number of hydrogen-bond acceptors (Lipinski definition) is 1. The van der Waals surface area contributed by atoms with E-state index in [2.05, 4.69) is 187 Å². The molecule has 0 bridgehead atoms. The predicted octanol–water partition coefficient (Wildman–Crippen LogP) is 14.8. The number of aryl methyl sites for hydroxylation is 1. The summed E-state index contributed by atoms with van der Waals surface area (Å²) in [5.74, 6) is 0.681. The minimum Gasteiger partial charge on any atom is -0.309 e. The summed E-state index contributed by atoms with van der Waals surface area (Å²) >= 11 is 0. The Labute approximate surface area is 347 Å². The first kappa shape index (κ1) is 35.6. The Kier molecular flexibility index (Phi) is 9.07. The highest BCUT2D eigenvalue weighted by molar-refractivity contribution is 6.11. The first-order chi connectivity index (χ1) is 29.2. The molecule has 59 heavy (non-hydrogen) atoms. The Balaban J connectivity index is 1.03. The molecule has 2 heteroatoms. The highest BCUT2D eigenvalue weighted by atomic mass is 15.0. The van der Waals surface area contributed by atoms with E-state index in [4.69, 9.17) is 4.99 Å². The molecule has 0 saturated carbocycles. The van der Waals surface area contributed by atoms with Gasteiger partial charge in [0.15, 0.2) is 0 Å². The summed E-state index contributed by atoms with van der Waals surface area (Å²) in [5.41, 5.74) is 21.7. The summed E-state index contributed by atoms with van der Waals surface area (Å²) in [4.78, 5) is 5.65. The SMILES string of the molecule is CCC1=C(C2CCc3ccccc3-c3ccccc32)C=C(CCC2Cc3ccccc3-c3cc4c(cc32)c2ccccc2n4-c2ccccc2)N=C(c2ccccc2)C1. The van der Waals surface area contributed by atoms with Crippen molar-refractivity contribution in [2.75, 3.05) is 0 Å². The van der Waals surface area contributed by atoms with Crippen LogP contribution < -0.4 is 0 Å². The third kappa shape index (κ3) is 6.30. The monoisotopic (exact) mass is 760 g/mol. The van der Waals surface area contributed by atoms with E-state index in [1.807, 2.05) is 0 Å². The second-order valence-corrected chi connectivity index (χ2v) is 16.7. The van der Waals surface area contributed by atoms with Crippen molar-refractivity contribution in [2.45, 2.75) is 63.7 Å². The van der Waals surface area contributed by atoms with Crippen molar-refractivity contribution in [1.82, 2.24) is 4.57 Å². The number of hydrogen-bond donors (Lipinski definition) is 0. The van der Waals surface area contributed by atoms with Gasteiger partial charge in [-0.1, -0.05) is 152 Å². The average Bonchev–Trinajstić information content (AvgIpc) is 3.38. The first-order valence-electron chi connectivity index (χ1n) is 21.7. The summed E-state index contributed by atoms with van der Waals surface area (Å²) in [6, 6.07) is 63.1. The summed E-state index contributed by atoms with van der Waals surface area (Å²) in [6.07, 6.45) is 9.58. The lowest BCUT2D eigenvalue weighted by Crippen LogP contribution is -2.12. The number of para-hydroxylation sites is 2. The van der Waals surface area contributed by atoms with E-state index in [-0.39, 0.29) is 0 Å². The van der Waals surface area contributed by atoms with Crippen LogP contribution in [-0.2, 0) is 12.8 Å². The standard InChI is InChI=1S/C57H48N2/c1-2-38-34-55(40-18-5-3-6-19-40)58-43(35-51(38)49-32-30-39-17-9-11-23-45(39)47-25-13-14-26-48(47)49)31-29-42-33-41-20-10-12-24-46(41)53-37-57-54(36-52(42)53)50-27-15-16-28-56(50)59(57)44-21-7-4-8-22-44/h3-28,35-37,42,49H,2,29-34H2,1H3. The fraction of sp³-hybridized carbons (Fsp3) is 0.175. The summed E-state index contributed by atoms with van der Waals surface area (Å²) in [5, 5.41) is 2.64. The second-order valence-electron chi connectivity index (χ2n) is 16.7. The molecule has 1 aliphatic heterocycles. The van der Waals surface area contributed by atoms with Gasteiger partial charge in [-0.25, -0.2) is 0 Å². The van der Waals surface area contributed by atoms with Crippen molar-refractivity contribution in [3.05, 3.63) is 221 Å². The lowest BCUT2D eigenvalue weighted by atomic mass is 9.76. The average molecular weight is 761 g/mol. The van der Waals surface area contributed by atoms with Crippen molar-refractivity contribution in [2.24, 2.45) is 4.99 Å². The van der Waals surface area contributed by atoms with Crippen LogP contribution in [0.1, 0.15) is 78.7 Å². The number of allylic oxidation sites excluding steroid dienone is 4. The number of fused-ring (bicyclic) bond motifs is 9. The zero-order chi connectivity index (χ0) is 39.3. The fourth-order valence-corrected chi connectivity index (χ4v) is 10.6. The van der Waals surface area contributed by atoms with Gasteiger partial charge in [0.25, 0.3) is 0 Å². The summed E-state index contributed by atoms with van der Waals surface area (Å²) < 4.78 is 2.46. The Morgan fingerprint density at radius 1 is 0.593 bits per heavy atom. The molecule has 7 aromatic carbocycles. The van der Waals surface area contributed by atoms with Gasteiger partial charge in [0.1, 0.15) is 0 Å². The van der Waals surface area contributed by atoms with Crippen LogP contribution in [0.3, 0.4) is 0 Å². The van der Waals surface area contributed by atoms with E-state index in [1.54, 1.807) is 0 Å². The van der Waals surface area contributed by atoms with Gasteiger partial charge >= 0.3 is 0 Å². The quantitative estimate of drug-likeness (QED) is 0.154. The fourth-order valence-electron chi connectivity index (χ4n) is 10.6. The zero-order valence-electron chi connectivity index (χ0n) is 33.7. The normalized spacial score (nSPS) is 17.3. The van der Waals surface area contributed by atoms with Crippen molar-refractivity contribution in [3.63, 3.8) is 0 Å². The van der Waals surface area contributed by atoms with Crippen LogP contribution in [0.2, 0.25) is 0 Å². The number of benzene rings is 7. The van der Waals surface area contributed by atoms with Gasteiger partial charge in [-0.15, -0.1) is 0 Å². The molecule has 3 aliphatic rings. The van der Waals surface area contributed by atoms with Crippen molar-refractivity contribution in [1.29, 1.82) is 0 Å². The number of nitrogens with zero attached hydrogens (tertiary/aromatic N) is 2. The maximum absolute atomic E-state index is 5.65. The van der Waals surface area contributed by atoms with Crippen LogP contribution in [-0.4, -0.2) is 10.3 Å². The van der Waals surface area contributed by atoms with E-state index < -0.39 is 0 Å². The van der Waals surface area contributed by atoms with Crippen LogP contribution in [0.25, 0.3) is 49.7 Å². The molecule has 0 saturated heterocycles. The first-order valence-corrected chi connectivity index (χ1v) is 21.7. The topological polar surface area (TPSA) is 17.3 Å². The molecule has 11 rings (SSSR count). The number of aromatic nitrogens is 1. The second kappa shape index (κ2) is 15.0. The van der Waals surface area contributed by atoms with E-state index in [0.29, 0.717) is 11.8 Å². The van der Waals surface area contributed by atoms with Crippen molar-refractivity contribution >= 4 is 27.5 Å². The lowest BCUT2D eigenvalue weighted by molar-refractivity contribution is 0.612. The van der Waals surface area contributed by atoms with Gasteiger partial charge in [-0.2, -0.15) is 0 Å². The minimum atomic E-state index is 0.311. The lowest BCUT2D eigenvalue weighted by Gasteiger charge is -2.28. The van der Waals surface area contributed by atoms with E-state index in [1.165, 1.54) is 100 Å². The third-order valence-electron chi connectivity index (χ3n) is 13.5. The van der Waals surface area contributed by atoms with E-state index in [9.17, 15) is 0 Å². The number of rotatable bonds is 7. The zero-order valence-corrected chi connectivity index (χ0v) is 33.7. The Morgan fingerprint density at radius 2 is 1.27 bits per heavy atom. The van der Waals surface area contributed by atoms with Crippen LogP contribution in [0, 0.1) is 0 Å². The molecule has 0 fully saturated rings. The Bertz CT molecular complexity index is 2980. The Hall–Kier alpha value is -6.51. The predicted molar refractivity (Wildman–Crippen MR) is 248 cm³/mol. The smallest absolute Gasteiger partial charge is 0.0547 e. The van der Waals surface area contributed by atoms with E-state index in [0.717, 1.165) is 44.9 Å². The molecule has 286 valence electrons. The van der Waals surface area contributed by atoms with Crippen LogP contribution in [0.5, 0.6) is 0 Å². The molecule has 8 aromatic rings.